The molecular weight excluding hydrogens is 242 g/mol. The summed E-state index contributed by atoms with van der Waals surface area (Å²) in [4.78, 5) is 10.4. The number of anilines is 1. The van der Waals surface area contributed by atoms with Gasteiger partial charge in [0.05, 0.1) is 4.92 Å². The fourth-order valence-corrected chi connectivity index (χ4v) is 1.68. The first-order valence-corrected chi connectivity index (χ1v) is 5.74. The van der Waals surface area contributed by atoms with Gasteiger partial charge in [0.1, 0.15) is 5.69 Å². The molecule has 0 aliphatic rings. The van der Waals surface area contributed by atoms with Crippen LogP contribution in [0.25, 0.3) is 0 Å². The van der Waals surface area contributed by atoms with Crippen molar-refractivity contribution in [3.63, 3.8) is 0 Å². The highest BCUT2D eigenvalue weighted by atomic mass is 35.5. The van der Waals surface area contributed by atoms with E-state index in [4.69, 9.17) is 11.6 Å². The fourth-order valence-electron chi connectivity index (χ4n) is 1.51. The lowest BCUT2D eigenvalue weighted by Gasteiger charge is -2.13. The molecule has 2 N–H and O–H groups in total. The highest BCUT2D eigenvalue weighted by molar-refractivity contribution is 6.30. The lowest BCUT2D eigenvalue weighted by molar-refractivity contribution is -0.383. The zero-order valence-electron chi connectivity index (χ0n) is 9.87. The number of nitrogens with zero attached hydrogens (tertiary/aromatic N) is 1. The van der Waals surface area contributed by atoms with Crippen LogP contribution in [-0.2, 0) is 0 Å². The van der Waals surface area contributed by atoms with Crippen molar-refractivity contribution in [2.45, 2.75) is 6.92 Å². The quantitative estimate of drug-likeness (QED) is 0.607. The van der Waals surface area contributed by atoms with Crippen molar-refractivity contribution in [2.75, 3.05) is 25.5 Å². The summed E-state index contributed by atoms with van der Waals surface area (Å²) in [5.74, 6) is 0.385. The highest BCUT2D eigenvalue weighted by Gasteiger charge is 2.14. The van der Waals surface area contributed by atoms with Crippen LogP contribution in [0.2, 0.25) is 5.02 Å². The molecule has 0 radical (unpaired) electrons. The third kappa shape index (κ3) is 4.20. The summed E-state index contributed by atoms with van der Waals surface area (Å²) in [6.45, 7) is 3.59. The SMILES string of the molecule is CNCC(C)CNc1ccc(Cl)cc1[N+](=O)[O-]. The number of nitro groups is 1. The van der Waals surface area contributed by atoms with Gasteiger partial charge in [-0.3, -0.25) is 10.1 Å². The first kappa shape index (κ1) is 13.7. The van der Waals surface area contributed by atoms with Crippen LogP contribution in [0.4, 0.5) is 11.4 Å². The monoisotopic (exact) mass is 257 g/mol. The van der Waals surface area contributed by atoms with Gasteiger partial charge in [-0.1, -0.05) is 18.5 Å². The number of rotatable bonds is 6. The first-order chi connectivity index (χ1) is 8.04. The van der Waals surface area contributed by atoms with Crippen LogP contribution in [0, 0.1) is 16.0 Å². The molecule has 94 valence electrons. The maximum absolute atomic E-state index is 10.8. The Balaban J connectivity index is 2.73. The van der Waals surface area contributed by atoms with Crippen molar-refractivity contribution >= 4 is 23.0 Å². The Kier molecular flexibility index (Phi) is 5.18. The maximum Gasteiger partial charge on any atom is 0.293 e. The molecule has 0 heterocycles. The van der Waals surface area contributed by atoms with Gasteiger partial charge in [-0.2, -0.15) is 0 Å². The molecule has 0 saturated heterocycles. The Morgan fingerprint density at radius 1 is 1.47 bits per heavy atom. The van der Waals surface area contributed by atoms with Gasteiger partial charge in [0.15, 0.2) is 0 Å². The number of halogens is 1. The lowest BCUT2D eigenvalue weighted by atomic mass is 10.1. The molecule has 6 heteroatoms. The average Bonchev–Trinajstić information content (AvgIpc) is 2.27. The smallest absolute Gasteiger partial charge is 0.293 e. The molecule has 1 aromatic carbocycles. The van der Waals surface area contributed by atoms with E-state index in [0.29, 0.717) is 23.2 Å². The summed E-state index contributed by atoms with van der Waals surface area (Å²) in [7, 11) is 1.88. The van der Waals surface area contributed by atoms with Gasteiger partial charge in [0.25, 0.3) is 5.69 Å². The summed E-state index contributed by atoms with van der Waals surface area (Å²) in [5.41, 5.74) is 0.511. The number of hydrogen-bond donors (Lipinski definition) is 2. The fraction of sp³-hybridized carbons (Fsp3) is 0.455. The lowest BCUT2D eigenvalue weighted by Crippen LogP contribution is -2.23. The molecule has 17 heavy (non-hydrogen) atoms. The number of benzene rings is 1. The largest absolute Gasteiger partial charge is 0.379 e. The van der Waals surface area contributed by atoms with E-state index in [1.54, 1.807) is 12.1 Å². The Labute approximate surface area is 105 Å². The van der Waals surface area contributed by atoms with E-state index in [2.05, 4.69) is 17.6 Å². The van der Waals surface area contributed by atoms with Crippen molar-refractivity contribution in [1.82, 2.24) is 5.32 Å². The van der Waals surface area contributed by atoms with Crippen molar-refractivity contribution in [3.8, 4) is 0 Å². The molecular formula is C11H16ClN3O2. The van der Waals surface area contributed by atoms with Crippen molar-refractivity contribution < 1.29 is 4.92 Å². The molecule has 0 aromatic heterocycles. The summed E-state index contributed by atoms with van der Waals surface area (Å²) in [5, 5.41) is 17.3. The minimum Gasteiger partial charge on any atom is -0.379 e. The van der Waals surface area contributed by atoms with Gasteiger partial charge in [-0.25, -0.2) is 0 Å². The van der Waals surface area contributed by atoms with Crippen LogP contribution < -0.4 is 10.6 Å². The van der Waals surface area contributed by atoms with E-state index in [1.165, 1.54) is 6.07 Å². The predicted octanol–water partition coefficient (Wildman–Crippen LogP) is 2.52. The first-order valence-electron chi connectivity index (χ1n) is 5.37. The van der Waals surface area contributed by atoms with Gasteiger partial charge >= 0.3 is 0 Å². The van der Waals surface area contributed by atoms with Crippen molar-refractivity contribution in [3.05, 3.63) is 33.3 Å². The third-order valence-corrected chi connectivity index (χ3v) is 2.59. The van der Waals surface area contributed by atoms with Gasteiger partial charge in [0, 0.05) is 17.6 Å². The van der Waals surface area contributed by atoms with E-state index in [-0.39, 0.29) is 5.69 Å². The van der Waals surface area contributed by atoms with Crippen molar-refractivity contribution in [1.29, 1.82) is 0 Å². The second kappa shape index (κ2) is 6.42. The molecule has 0 aliphatic heterocycles. The number of nitrogens with one attached hydrogen (secondary N) is 2. The molecule has 0 amide bonds. The molecule has 5 nitrogen and oxygen atoms in total. The van der Waals surface area contributed by atoms with Crippen LogP contribution in [0.5, 0.6) is 0 Å². The summed E-state index contributed by atoms with van der Waals surface area (Å²) in [6, 6.07) is 4.62. The van der Waals surface area contributed by atoms with E-state index in [1.807, 2.05) is 7.05 Å². The van der Waals surface area contributed by atoms with Gasteiger partial charge in [0.2, 0.25) is 0 Å². The topological polar surface area (TPSA) is 67.2 Å². The molecule has 1 rings (SSSR count). The molecule has 0 spiro atoms. The van der Waals surface area contributed by atoms with Crippen LogP contribution in [-0.4, -0.2) is 25.1 Å². The van der Waals surface area contributed by atoms with Gasteiger partial charge in [-0.15, -0.1) is 0 Å². The van der Waals surface area contributed by atoms with Crippen LogP contribution in [0.1, 0.15) is 6.92 Å². The molecule has 1 aromatic rings. The minimum absolute atomic E-state index is 0.00848. The Morgan fingerprint density at radius 3 is 2.76 bits per heavy atom. The second-order valence-electron chi connectivity index (χ2n) is 3.96. The molecule has 1 unspecified atom stereocenters. The van der Waals surface area contributed by atoms with E-state index >= 15 is 0 Å². The Bertz CT molecular complexity index is 398. The van der Waals surface area contributed by atoms with Gasteiger partial charge < -0.3 is 10.6 Å². The zero-order chi connectivity index (χ0) is 12.8. The zero-order valence-corrected chi connectivity index (χ0v) is 10.6. The average molecular weight is 258 g/mol. The summed E-state index contributed by atoms with van der Waals surface area (Å²) in [6.07, 6.45) is 0. The van der Waals surface area contributed by atoms with E-state index in [9.17, 15) is 10.1 Å². The molecule has 0 saturated carbocycles. The van der Waals surface area contributed by atoms with Crippen LogP contribution in [0.3, 0.4) is 0 Å². The van der Waals surface area contributed by atoms with Gasteiger partial charge in [-0.05, 0) is 31.6 Å². The van der Waals surface area contributed by atoms with Crippen LogP contribution >= 0.6 is 11.6 Å². The predicted molar refractivity (Wildman–Crippen MR) is 69.7 cm³/mol. The third-order valence-electron chi connectivity index (χ3n) is 2.35. The molecule has 0 fully saturated rings. The highest BCUT2D eigenvalue weighted by Crippen LogP contribution is 2.27. The Hall–Kier alpha value is -1.33. The summed E-state index contributed by atoms with van der Waals surface area (Å²) >= 11 is 5.73. The normalized spacial score (nSPS) is 12.2. The van der Waals surface area contributed by atoms with E-state index < -0.39 is 4.92 Å². The molecule has 0 bridgehead atoms. The second-order valence-corrected chi connectivity index (χ2v) is 4.40. The summed E-state index contributed by atoms with van der Waals surface area (Å²) < 4.78 is 0. The number of hydrogen-bond acceptors (Lipinski definition) is 4. The van der Waals surface area contributed by atoms with Crippen LogP contribution in [0.15, 0.2) is 18.2 Å². The molecule has 1 atom stereocenters. The number of nitro benzene ring substituents is 1. The molecule has 0 aliphatic carbocycles. The van der Waals surface area contributed by atoms with Crippen molar-refractivity contribution in [2.24, 2.45) is 5.92 Å². The van der Waals surface area contributed by atoms with E-state index in [0.717, 1.165) is 6.54 Å². The Morgan fingerprint density at radius 2 is 2.18 bits per heavy atom. The standard InChI is InChI=1S/C11H16ClN3O2/c1-8(6-13-2)7-14-10-4-3-9(12)5-11(10)15(16)17/h3-5,8,13-14H,6-7H2,1-2H3. The maximum atomic E-state index is 10.8. The minimum atomic E-state index is -0.434.